The second kappa shape index (κ2) is 6.28. The molecule has 130 valence electrons. The van der Waals surface area contributed by atoms with Gasteiger partial charge in [-0.15, -0.1) is 0 Å². The number of hydrogen-bond donors (Lipinski definition) is 0. The Bertz CT molecular complexity index is 1270. The molecule has 0 amide bonds. The van der Waals surface area contributed by atoms with Gasteiger partial charge in [-0.2, -0.15) is 0 Å². The van der Waals surface area contributed by atoms with Gasteiger partial charge in [-0.3, -0.25) is 4.98 Å². The van der Waals surface area contributed by atoms with Gasteiger partial charge in [0.2, 0.25) is 0 Å². The molecule has 0 N–H and O–H groups in total. The van der Waals surface area contributed by atoms with Crippen LogP contribution in [0.3, 0.4) is 0 Å². The van der Waals surface area contributed by atoms with Gasteiger partial charge in [0.25, 0.3) is 0 Å². The molecule has 0 radical (unpaired) electrons. The van der Waals surface area contributed by atoms with Crippen molar-refractivity contribution >= 4 is 21.9 Å². The molecule has 1 aliphatic carbocycles. The molecule has 2 aromatic carbocycles. The van der Waals surface area contributed by atoms with Gasteiger partial charge in [-0.05, 0) is 54.5 Å². The molecule has 0 aliphatic heterocycles. The molecule has 1 aliphatic rings. The molecular formula is C24H23NO. The Morgan fingerprint density at radius 3 is 2.92 bits per heavy atom. The molecule has 0 spiro atoms. The lowest BCUT2D eigenvalue weighted by Gasteiger charge is -2.10. The molecule has 4 aromatic rings. The Labute approximate surface area is 160 Å². The molecule has 2 heteroatoms. The quantitative estimate of drug-likeness (QED) is 0.413. The maximum atomic E-state index is 8.72. The molecule has 2 nitrogen and oxygen atoms in total. The van der Waals surface area contributed by atoms with Crippen LogP contribution in [0.1, 0.15) is 43.7 Å². The van der Waals surface area contributed by atoms with E-state index in [4.69, 9.17) is 11.3 Å². The van der Waals surface area contributed by atoms with E-state index < -0.39 is 13.2 Å². The molecule has 0 unspecified atom stereocenters. The van der Waals surface area contributed by atoms with Crippen molar-refractivity contribution in [2.75, 3.05) is 0 Å². The normalized spacial score (nSPS) is 19.2. The predicted octanol–water partition coefficient (Wildman–Crippen LogP) is 6.69. The minimum Gasteiger partial charge on any atom is -0.455 e. The molecule has 1 fully saturated rings. The summed E-state index contributed by atoms with van der Waals surface area (Å²) in [6.07, 6.45) is 4.25. The van der Waals surface area contributed by atoms with Gasteiger partial charge in [0.1, 0.15) is 11.2 Å². The minimum atomic E-state index is -2.20. The lowest BCUT2D eigenvalue weighted by atomic mass is 9.97. The van der Waals surface area contributed by atoms with Crippen molar-refractivity contribution in [3.05, 3.63) is 65.9 Å². The number of furan rings is 1. The maximum absolute atomic E-state index is 8.72. The van der Waals surface area contributed by atoms with Crippen molar-refractivity contribution in [2.45, 2.75) is 38.9 Å². The molecule has 1 saturated carbocycles. The van der Waals surface area contributed by atoms with Crippen molar-refractivity contribution in [1.82, 2.24) is 4.98 Å². The van der Waals surface area contributed by atoms with Crippen molar-refractivity contribution in [3.63, 3.8) is 0 Å². The number of rotatable bonds is 3. The minimum absolute atomic E-state index is 0.0306. The first kappa shape index (κ1) is 11.2. The zero-order valence-corrected chi connectivity index (χ0v) is 14.5. The highest BCUT2D eigenvalue weighted by molar-refractivity contribution is 6.09. The van der Waals surface area contributed by atoms with Crippen molar-refractivity contribution in [3.8, 4) is 11.3 Å². The first-order chi connectivity index (χ1) is 14.7. The first-order valence-electron chi connectivity index (χ1n) is 11.7. The number of fused-ring (bicyclic) bond motifs is 3. The Hall–Kier alpha value is -2.61. The molecule has 2 aromatic heterocycles. The van der Waals surface area contributed by atoms with Crippen LogP contribution in [0.15, 0.2) is 59.1 Å². The number of nitrogens with zero attached hydrogens (tertiary/aromatic N) is 1. The monoisotopic (exact) mass is 346 g/mol. The van der Waals surface area contributed by atoms with Crippen LogP contribution in [0, 0.1) is 12.8 Å². The van der Waals surface area contributed by atoms with Crippen LogP contribution in [0.2, 0.25) is 0 Å². The molecule has 26 heavy (non-hydrogen) atoms. The fourth-order valence-electron chi connectivity index (χ4n) is 3.97. The lowest BCUT2D eigenvalue weighted by molar-refractivity contribution is 0.546. The topological polar surface area (TPSA) is 26.0 Å². The van der Waals surface area contributed by atoms with Crippen LogP contribution in [-0.4, -0.2) is 4.98 Å². The summed E-state index contributed by atoms with van der Waals surface area (Å²) >= 11 is 0. The number of pyridine rings is 1. The summed E-state index contributed by atoms with van der Waals surface area (Å²) in [5.41, 5.74) is 3.46. The summed E-state index contributed by atoms with van der Waals surface area (Å²) in [5.74, 6) is 0.0306. The first-order valence-corrected chi connectivity index (χ1v) is 9.18. The van der Waals surface area contributed by atoms with E-state index in [1.54, 1.807) is 30.5 Å². The smallest absolute Gasteiger partial charge is 0.144 e. The van der Waals surface area contributed by atoms with Crippen molar-refractivity contribution < 1.29 is 11.3 Å². The zero-order valence-electron chi connectivity index (χ0n) is 19.5. The molecule has 2 heterocycles. The summed E-state index contributed by atoms with van der Waals surface area (Å²) in [5, 5.41) is 1.73. The van der Waals surface area contributed by atoms with E-state index in [0.29, 0.717) is 22.4 Å². The summed E-state index contributed by atoms with van der Waals surface area (Å²) < 4.78 is 46.5. The van der Waals surface area contributed by atoms with Gasteiger partial charge in [0, 0.05) is 29.4 Å². The molecule has 5 rings (SSSR count). The second-order valence-electron chi connectivity index (χ2n) is 7.05. The van der Waals surface area contributed by atoms with Gasteiger partial charge < -0.3 is 4.42 Å². The van der Waals surface area contributed by atoms with Crippen molar-refractivity contribution in [1.29, 1.82) is 0 Å². The number of aryl methyl sites for hydroxylation is 1. The van der Waals surface area contributed by atoms with Crippen LogP contribution >= 0.6 is 0 Å². The van der Waals surface area contributed by atoms with E-state index in [9.17, 15) is 0 Å². The van der Waals surface area contributed by atoms with Crippen LogP contribution < -0.4 is 0 Å². The third-order valence-corrected chi connectivity index (χ3v) is 5.26. The van der Waals surface area contributed by atoms with Crippen molar-refractivity contribution in [2.24, 2.45) is 5.92 Å². The van der Waals surface area contributed by atoms with E-state index in [-0.39, 0.29) is 11.5 Å². The van der Waals surface area contributed by atoms with Crippen LogP contribution in [0.25, 0.3) is 33.2 Å². The van der Waals surface area contributed by atoms with Crippen LogP contribution in [0.5, 0.6) is 0 Å². The molecule has 0 bridgehead atoms. The lowest BCUT2D eigenvalue weighted by Crippen LogP contribution is -1.99. The number of aromatic nitrogens is 1. The second-order valence-corrected chi connectivity index (χ2v) is 7.05. The van der Waals surface area contributed by atoms with E-state index >= 15 is 0 Å². The summed E-state index contributed by atoms with van der Waals surface area (Å²) in [7, 11) is 0. The van der Waals surface area contributed by atoms with Crippen LogP contribution in [-0.2, 0) is 6.37 Å². The number of hydrogen-bond acceptors (Lipinski definition) is 2. The van der Waals surface area contributed by atoms with Crippen LogP contribution in [0.4, 0.5) is 0 Å². The van der Waals surface area contributed by atoms with Gasteiger partial charge >= 0.3 is 0 Å². The Kier molecular flexibility index (Phi) is 2.70. The zero-order chi connectivity index (χ0) is 21.8. The fraction of sp³-hybridized carbons (Fsp3) is 0.292. The Morgan fingerprint density at radius 2 is 2.04 bits per heavy atom. The number of para-hydroxylation sites is 1. The van der Waals surface area contributed by atoms with E-state index in [2.05, 4.69) is 4.98 Å². The SMILES string of the molecule is [2H]C([2H])([2H])c1ccc2c(c1)oc1c(-c3cc(C([2H])([2H])C4CCCC4)ccn3)cccc12. The standard InChI is InChI=1S/C24H23NO/c1-16-9-10-19-20-7-4-8-21(24(20)26-23(19)13-16)22-15-18(11-12-25-22)14-17-5-2-3-6-17/h4,7-13,15,17H,2-3,5-6,14H2,1H3/i1D3,14D2. The highest BCUT2D eigenvalue weighted by atomic mass is 16.3. The molecule has 0 saturated heterocycles. The van der Waals surface area contributed by atoms with E-state index in [1.165, 1.54) is 0 Å². The van der Waals surface area contributed by atoms with Gasteiger partial charge in [0.05, 0.1) is 5.69 Å². The predicted molar refractivity (Wildman–Crippen MR) is 107 cm³/mol. The highest BCUT2D eigenvalue weighted by Gasteiger charge is 2.17. The third-order valence-electron chi connectivity index (χ3n) is 5.26. The Balaban J connectivity index is 1.64. The number of benzene rings is 2. The van der Waals surface area contributed by atoms with Gasteiger partial charge in [0.15, 0.2) is 0 Å². The van der Waals surface area contributed by atoms with E-state index in [0.717, 1.165) is 42.0 Å². The molecule has 0 atom stereocenters. The average Bonchev–Trinajstić information content (AvgIpc) is 3.41. The fourth-order valence-corrected chi connectivity index (χ4v) is 3.97. The summed E-state index contributed by atoms with van der Waals surface area (Å²) in [6, 6.07) is 14.4. The van der Waals surface area contributed by atoms with Gasteiger partial charge in [-0.1, -0.05) is 49.9 Å². The molecular weight excluding hydrogens is 318 g/mol. The summed E-state index contributed by atoms with van der Waals surface area (Å²) in [4.78, 5) is 4.51. The van der Waals surface area contributed by atoms with E-state index in [1.807, 2.05) is 24.3 Å². The summed E-state index contributed by atoms with van der Waals surface area (Å²) in [6.45, 7) is -2.20. The van der Waals surface area contributed by atoms with Gasteiger partial charge in [-0.25, -0.2) is 0 Å². The highest BCUT2D eigenvalue weighted by Crippen LogP contribution is 2.36. The Morgan fingerprint density at radius 1 is 1.12 bits per heavy atom. The largest absolute Gasteiger partial charge is 0.455 e. The third kappa shape index (κ3) is 2.70. The average molecular weight is 346 g/mol. The maximum Gasteiger partial charge on any atom is 0.144 e.